The van der Waals surface area contributed by atoms with E-state index in [2.05, 4.69) is 25.0 Å². The second-order valence-corrected chi connectivity index (χ2v) is 7.83. The molecule has 1 unspecified atom stereocenters. The van der Waals surface area contributed by atoms with E-state index in [-0.39, 0.29) is 17.8 Å². The Morgan fingerprint density at radius 2 is 1.85 bits per heavy atom. The smallest absolute Gasteiger partial charge is 0.406 e. The van der Waals surface area contributed by atoms with E-state index in [9.17, 15) is 22.4 Å². The Labute approximate surface area is 186 Å². The molecule has 1 aliphatic rings. The number of rotatable bonds is 5. The van der Waals surface area contributed by atoms with Crippen molar-refractivity contribution in [2.75, 3.05) is 23.3 Å². The molecule has 0 bridgehead atoms. The molecule has 1 atom stereocenters. The molecule has 0 radical (unpaired) electrons. The maximum atomic E-state index is 14.4. The van der Waals surface area contributed by atoms with Crippen LogP contribution in [0.4, 0.5) is 29.1 Å². The number of amides is 1. The van der Waals surface area contributed by atoms with E-state index in [4.69, 9.17) is 0 Å². The van der Waals surface area contributed by atoms with Crippen LogP contribution in [0.3, 0.4) is 0 Å². The molecule has 1 fully saturated rings. The largest absolute Gasteiger partial charge is 0.573 e. The Hall–Kier alpha value is -3.76. The number of hydrogen-bond donors (Lipinski definition) is 1. The number of aromatic nitrogens is 3. The second-order valence-electron chi connectivity index (χ2n) is 7.83. The van der Waals surface area contributed by atoms with Gasteiger partial charge in [0.15, 0.2) is 0 Å². The molecule has 0 saturated carbocycles. The molecule has 1 amide bonds. The molecule has 4 rings (SSSR count). The van der Waals surface area contributed by atoms with Gasteiger partial charge in [-0.15, -0.1) is 13.2 Å². The maximum absolute atomic E-state index is 14.4. The molecule has 2 aromatic heterocycles. The number of ether oxygens (including phenoxy) is 1. The Morgan fingerprint density at radius 1 is 1.15 bits per heavy atom. The molecule has 0 aliphatic carbocycles. The topological polar surface area (TPSA) is 80.2 Å². The molecule has 1 aliphatic heterocycles. The van der Waals surface area contributed by atoms with E-state index in [1.165, 1.54) is 31.6 Å². The van der Waals surface area contributed by atoms with Crippen molar-refractivity contribution in [3.63, 3.8) is 0 Å². The first-order valence-electron chi connectivity index (χ1n) is 9.96. The Kier molecular flexibility index (Phi) is 5.88. The summed E-state index contributed by atoms with van der Waals surface area (Å²) in [6, 6.07) is 6.38. The highest BCUT2D eigenvalue weighted by atomic mass is 19.4. The minimum Gasteiger partial charge on any atom is -0.406 e. The third-order valence-corrected chi connectivity index (χ3v) is 5.07. The van der Waals surface area contributed by atoms with E-state index in [1.54, 1.807) is 18.5 Å². The summed E-state index contributed by atoms with van der Waals surface area (Å²) in [5.41, 5.74) is 0.307. The normalized spacial score (nSPS) is 18.3. The lowest BCUT2D eigenvalue weighted by molar-refractivity contribution is -0.274. The van der Waals surface area contributed by atoms with Gasteiger partial charge in [-0.2, -0.15) is 0 Å². The van der Waals surface area contributed by atoms with Crippen LogP contribution in [0, 0.1) is 0 Å². The zero-order valence-corrected chi connectivity index (χ0v) is 17.4. The first-order valence-corrected chi connectivity index (χ1v) is 9.96. The van der Waals surface area contributed by atoms with Gasteiger partial charge >= 0.3 is 6.36 Å². The molecule has 1 aromatic carbocycles. The van der Waals surface area contributed by atoms with Gasteiger partial charge < -0.3 is 15.0 Å². The SMILES string of the molecule is CC1(F)CCN(c2ncc(C(=O)Nc3ccc(OC(F)(F)F)cc3)cc2-c2cncnc2)C1. The van der Waals surface area contributed by atoms with Crippen molar-refractivity contribution in [1.82, 2.24) is 15.0 Å². The predicted octanol–water partition coefficient (Wildman–Crippen LogP) is 4.63. The van der Waals surface area contributed by atoms with Crippen LogP contribution >= 0.6 is 0 Å². The Morgan fingerprint density at radius 3 is 2.45 bits per heavy atom. The first kappa shape index (κ1) is 22.4. The predicted molar refractivity (Wildman–Crippen MR) is 113 cm³/mol. The van der Waals surface area contributed by atoms with Crippen molar-refractivity contribution in [2.45, 2.75) is 25.4 Å². The van der Waals surface area contributed by atoms with E-state index in [0.29, 0.717) is 29.9 Å². The van der Waals surface area contributed by atoms with Gasteiger partial charge in [-0.25, -0.2) is 19.3 Å². The average Bonchev–Trinajstić information content (AvgIpc) is 3.14. The first-order chi connectivity index (χ1) is 15.6. The molecule has 172 valence electrons. The van der Waals surface area contributed by atoms with Gasteiger partial charge in [0.1, 0.15) is 23.6 Å². The molecule has 7 nitrogen and oxygen atoms in total. The van der Waals surface area contributed by atoms with Gasteiger partial charge in [0.05, 0.1) is 12.1 Å². The van der Waals surface area contributed by atoms with E-state index in [1.807, 2.05) is 4.90 Å². The van der Waals surface area contributed by atoms with Crippen molar-refractivity contribution in [1.29, 1.82) is 0 Å². The van der Waals surface area contributed by atoms with E-state index in [0.717, 1.165) is 12.1 Å². The molecule has 11 heteroatoms. The number of pyridine rings is 1. The summed E-state index contributed by atoms with van der Waals surface area (Å²) in [4.78, 5) is 27.0. The Bertz CT molecular complexity index is 1140. The third-order valence-electron chi connectivity index (χ3n) is 5.07. The van der Waals surface area contributed by atoms with E-state index >= 15 is 0 Å². The number of nitrogens with one attached hydrogen (secondary N) is 1. The van der Waals surface area contributed by atoms with Crippen LogP contribution in [0.15, 0.2) is 55.2 Å². The lowest BCUT2D eigenvalue weighted by Gasteiger charge is -2.22. The van der Waals surface area contributed by atoms with Crippen LogP contribution in [-0.4, -0.2) is 46.0 Å². The molecule has 1 N–H and O–H groups in total. The fourth-order valence-electron chi connectivity index (χ4n) is 3.53. The van der Waals surface area contributed by atoms with Crippen LogP contribution in [0.2, 0.25) is 0 Å². The summed E-state index contributed by atoms with van der Waals surface area (Å²) in [5, 5.41) is 2.61. The van der Waals surface area contributed by atoms with Crippen molar-refractivity contribution >= 4 is 17.4 Å². The number of alkyl halides is 4. The summed E-state index contributed by atoms with van der Waals surface area (Å²) >= 11 is 0. The average molecular weight is 461 g/mol. The van der Waals surface area contributed by atoms with Gasteiger partial charge in [0.25, 0.3) is 5.91 Å². The Balaban J connectivity index is 1.58. The fourth-order valence-corrected chi connectivity index (χ4v) is 3.53. The highest BCUT2D eigenvalue weighted by molar-refractivity contribution is 6.05. The van der Waals surface area contributed by atoms with Gasteiger partial charge in [0, 0.05) is 48.4 Å². The second kappa shape index (κ2) is 8.64. The summed E-state index contributed by atoms with van der Waals surface area (Å²) in [7, 11) is 0. The monoisotopic (exact) mass is 461 g/mol. The lowest BCUT2D eigenvalue weighted by atomic mass is 10.1. The highest BCUT2D eigenvalue weighted by Gasteiger charge is 2.35. The van der Waals surface area contributed by atoms with Crippen molar-refractivity contribution in [3.05, 3.63) is 60.8 Å². The van der Waals surface area contributed by atoms with Crippen LogP contribution in [-0.2, 0) is 0 Å². The minimum atomic E-state index is -4.80. The number of anilines is 2. The molecule has 1 saturated heterocycles. The zero-order chi connectivity index (χ0) is 23.6. The maximum Gasteiger partial charge on any atom is 0.573 e. The number of halogens is 4. The quantitative estimate of drug-likeness (QED) is 0.559. The van der Waals surface area contributed by atoms with Crippen LogP contribution in [0.5, 0.6) is 5.75 Å². The molecular weight excluding hydrogens is 442 g/mol. The molecular formula is C22H19F4N5O2. The molecule has 3 aromatic rings. The van der Waals surface area contributed by atoms with Crippen molar-refractivity contribution in [3.8, 4) is 16.9 Å². The van der Waals surface area contributed by atoms with Gasteiger partial charge in [-0.05, 0) is 37.3 Å². The van der Waals surface area contributed by atoms with Crippen LogP contribution < -0.4 is 15.0 Å². The van der Waals surface area contributed by atoms with Crippen molar-refractivity contribution < 1.29 is 27.1 Å². The summed E-state index contributed by atoms with van der Waals surface area (Å²) in [5.74, 6) is -0.409. The zero-order valence-electron chi connectivity index (χ0n) is 17.4. The number of nitrogens with zero attached hydrogens (tertiary/aromatic N) is 4. The van der Waals surface area contributed by atoms with Crippen LogP contribution in [0.25, 0.3) is 11.1 Å². The lowest BCUT2D eigenvalue weighted by Crippen LogP contribution is -2.27. The third kappa shape index (κ3) is 5.54. The van der Waals surface area contributed by atoms with Crippen molar-refractivity contribution in [2.24, 2.45) is 0 Å². The summed E-state index contributed by atoms with van der Waals surface area (Å²) < 4.78 is 55.2. The fraction of sp³-hybridized carbons (Fsp3) is 0.273. The highest BCUT2D eigenvalue weighted by Crippen LogP contribution is 2.35. The number of carbonyl (C=O) groups is 1. The summed E-state index contributed by atoms with van der Waals surface area (Å²) in [6.45, 7) is 2.17. The number of carbonyl (C=O) groups excluding carboxylic acids is 1. The summed E-state index contributed by atoms with van der Waals surface area (Å²) in [6.07, 6.45) is 1.43. The van der Waals surface area contributed by atoms with Crippen LogP contribution in [0.1, 0.15) is 23.7 Å². The molecule has 3 heterocycles. The standard InChI is InChI=1S/C22H19F4N5O2/c1-21(23)6-7-31(12-21)19-18(15-9-27-13-28-10-15)8-14(11-29-19)20(32)30-16-2-4-17(5-3-16)33-22(24,25)26/h2-5,8-11,13H,6-7,12H2,1H3,(H,30,32). The van der Waals surface area contributed by atoms with Gasteiger partial charge in [0.2, 0.25) is 0 Å². The van der Waals surface area contributed by atoms with Gasteiger partial charge in [-0.1, -0.05) is 0 Å². The van der Waals surface area contributed by atoms with Gasteiger partial charge in [-0.3, -0.25) is 4.79 Å². The minimum absolute atomic E-state index is 0.165. The number of hydrogen-bond acceptors (Lipinski definition) is 6. The molecule has 33 heavy (non-hydrogen) atoms. The molecule has 0 spiro atoms. The van der Waals surface area contributed by atoms with E-state index < -0.39 is 23.7 Å². The number of benzene rings is 1.